The topological polar surface area (TPSA) is 38.7 Å². The fraction of sp³-hybridized carbons (Fsp3) is 0.600. The van der Waals surface area contributed by atoms with Gasteiger partial charge in [0.05, 0.1) is 6.10 Å². The quantitative estimate of drug-likeness (QED) is 0.845. The van der Waals surface area contributed by atoms with Gasteiger partial charge in [0.25, 0.3) is 0 Å². The molecule has 1 aromatic carbocycles. The molecule has 0 aromatic heterocycles. The van der Waals surface area contributed by atoms with Gasteiger partial charge in [0.15, 0.2) is 11.6 Å². The van der Waals surface area contributed by atoms with Crippen LogP contribution >= 0.6 is 0 Å². The van der Waals surface area contributed by atoms with Crippen LogP contribution in [0.15, 0.2) is 18.2 Å². The number of piperazine rings is 1. The Balaban J connectivity index is 1.80. The van der Waals surface area contributed by atoms with Gasteiger partial charge in [-0.05, 0) is 31.8 Å². The first kappa shape index (κ1) is 16.3. The lowest BCUT2D eigenvalue weighted by Gasteiger charge is -2.38. The Morgan fingerprint density at radius 1 is 1.29 bits per heavy atom. The molecule has 6 heteroatoms. The van der Waals surface area contributed by atoms with Crippen LogP contribution in [-0.4, -0.2) is 67.8 Å². The zero-order chi connectivity index (χ0) is 15.4. The predicted molar refractivity (Wildman–Crippen MR) is 78.1 cm³/mol. The largest absolute Gasteiger partial charge is 0.387 e. The van der Waals surface area contributed by atoms with Crippen molar-refractivity contribution in [3.05, 3.63) is 35.4 Å². The van der Waals surface area contributed by atoms with Crippen molar-refractivity contribution < 1.29 is 13.9 Å². The second kappa shape index (κ2) is 7.26. The Hall–Kier alpha value is -1.08. The summed E-state index contributed by atoms with van der Waals surface area (Å²) in [6.45, 7) is 4.13. The smallest absolute Gasteiger partial charge is 0.159 e. The Labute approximate surface area is 124 Å². The van der Waals surface area contributed by atoms with Crippen molar-refractivity contribution in [2.75, 3.05) is 46.8 Å². The van der Waals surface area contributed by atoms with Gasteiger partial charge in [0.1, 0.15) is 0 Å². The summed E-state index contributed by atoms with van der Waals surface area (Å²) in [5.41, 5.74) is 0.385. The van der Waals surface area contributed by atoms with Crippen molar-refractivity contribution in [2.24, 2.45) is 0 Å². The van der Waals surface area contributed by atoms with Crippen molar-refractivity contribution in [1.82, 2.24) is 15.1 Å². The van der Waals surface area contributed by atoms with Gasteiger partial charge in [-0.25, -0.2) is 8.78 Å². The van der Waals surface area contributed by atoms with E-state index in [1.54, 1.807) is 0 Å². The lowest BCUT2D eigenvalue weighted by Crippen LogP contribution is -2.54. The number of rotatable bonds is 5. The average Bonchev–Trinajstić information content (AvgIpc) is 2.45. The molecule has 0 amide bonds. The number of likely N-dealkylation sites (N-methyl/N-ethyl adjacent to an activating group) is 2. The van der Waals surface area contributed by atoms with Gasteiger partial charge in [0, 0.05) is 38.8 Å². The maximum Gasteiger partial charge on any atom is 0.159 e. The third-order valence-electron chi connectivity index (χ3n) is 4.03. The van der Waals surface area contributed by atoms with Gasteiger partial charge in [-0.3, -0.25) is 4.90 Å². The molecule has 2 N–H and O–H groups in total. The molecule has 0 bridgehead atoms. The normalized spacial score (nSPS) is 22.4. The van der Waals surface area contributed by atoms with Crippen LogP contribution in [0.1, 0.15) is 11.7 Å². The Kier molecular flexibility index (Phi) is 5.64. The molecule has 0 spiro atoms. The van der Waals surface area contributed by atoms with Crippen LogP contribution in [0.4, 0.5) is 8.78 Å². The minimum absolute atomic E-state index is 0.319. The van der Waals surface area contributed by atoms with Crippen LogP contribution in [0.2, 0.25) is 0 Å². The summed E-state index contributed by atoms with van der Waals surface area (Å²) in [6.07, 6.45) is -0.841. The summed E-state index contributed by atoms with van der Waals surface area (Å²) in [5, 5.41) is 13.2. The molecule has 118 valence electrons. The van der Waals surface area contributed by atoms with Crippen molar-refractivity contribution in [2.45, 2.75) is 12.1 Å². The van der Waals surface area contributed by atoms with Crippen molar-refractivity contribution in [1.29, 1.82) is 0 Å². The fourth-order valence-corrected chi connectivity index (χ4v) is 2.55. The molecular weight excluding hydrogens is 276 g/mol. The maximum absolute atomic E-state index is 13.1. The number of hydrogen-bond acceptors (Lipinski definition) is 4. The minimum Gasteiger partial charge on any atom is -0.387 e. The Morgan fingerprint density at radius 2 is 2.05 bits per heavy atom. The number of aliphatic hydroxyl groups excluding tert-OH is 1. The van der Waals surface area contributed by atoms with E-state index >= 15 is 0 Å². The van der Waals surface area contributed by atoms with Gasteiger partial charge >= 0.3 is 0 Å². The highest BCUT2D eigenvalue weighted by molar-refractivity contribution is 5.20. The SMILES string of the molecule is CN1CCN(C)C(CNCC(O)c2ccc(F)c(F)c2)C1. The number of halogens is 2. The first-order valence-corrected chi connectivity index (χ1v) is 7.20. The molecule has 0 aliphatic carbocycles. The van der Waals surface area contributed by atoms with E-state index in [9.17, 15) is 13.9 Å². The molecule has 21 heavy (non-hydrogen) atoms. The van der Waals surface area contributed by atoms with Gasteiger partial charge in [-0.15, -0.1) is 0 Å². The lowest BCUT2D eigenvalue weighted by atomic mass is 10.1. The van der Waals surface area contributed by atoms with Crippen molar-refractivity contribution in [3.8, 4) is 0 Å². The zero-order valence-electron chi connectivity index (χ0n) is 12.5. The van der Waals surface area contributed by atoms with E-state index in [2.05, 4.69) is 29.2 Å². The monoisotopic (exact) mass is 299 g/mol. The molecule has 1 saturated heterocycles. The molecule has 2 unspecified atom stereocenters. The van der Waals surface area contributed by atoms with Crippen molar-refractivity contribution in [3.63, 3.8) is 0 Å². The molecule has 4 nitrogen and oxygen atoms in total. The number of nitrogens with one attached hydrogen (secondary N) is 1. The molecular formula is C15H23F2N3O. The molecule has 1 aliphatic heterocycles. The predicted octanol–water partition coefficient (Wildman–Crippen LogP) is 0.834. The molecule has 0 radical (unpaired) electrons. The number of aliphatic hydroxyl groups is 1. The van der Waals surface area contributed by atoms with E-state index in [1.165, 1.54) is 6.07 Å². The maximum atomic E-state index is 13.1. The highest BCUT2D eigenvalue weighted by Crippen LogP contribution is 2.15. The second-order valence-electron chi connectivity index (χ2n) is 5.74. The second-order valence-corrected chi connectivity index (χ2v) is 5.74. The highest BCUT2D eigenvalue weighted by atomic mass is 19.2. The van der Waals surface area contributed by atoms with E-state index in [-0.39, 0.29) is 0 Å². The summed E-state index contributed by atoms with van der Waals surface area (Å²) >= 11 is 0. The van der Waals surface area contributed by atoms with Crippen LogP contribution < -0.4 is 5.32 Å². The molecule has 1 fully saturated rings. The number of nitrogens with zero attached hydrogens (tertiary/aromatic N) is 2. The molecule has 1 aromatic rings. The Bertz CT molecular complexity index is 472. The van der Waals surface area contributed by atoms with E-state index in [0.717, 1.165) is 38.3 Å². The molecule has 1 heterocycles. The molecule has 2 atom stereocenters. The van der Waals surface area contributed by atoms with E-state index in [1.807, 2.05) is 0 Å². The minimum atomic E-state index is -0.930. The van der Waals surface area contributed by atoms with Crippen LogP contribution in [0.5, 0.6) is 0 Å². The van der Waals surface area contributed by atoms with Crippen molar-refractivity contribution >= 4 is 0 Å². The molecule has 2 rings (SSSR count). The van der Waals surface area contributed by atoms with Crippen LogP contribution in [0.3, 0.4) is 0 Å². The first-order chi connectivity index (χ1) is 9.97. The lowest BCUT2D eigenvalue weighted by molar-refractivity contribution is 0.108. The number of hydrogen-bond donors (Lipinski definition) is 2. The fourth-order valence-electron chi connectivity index (χ4n) is 2.55. The summed E-state index contributed by atoms with van der Waals surface area (Å²) in [7, 11) is 4.18. The van der Waals surface area contributed by atoms with E-state index in [4.69, 9.17) is 0 Å². The van der Waals surface area contributed by atoms with Gasteiger partial charge < -0.3 is 15.3 Å². The van der Waals surface area contributed by atoms with Gasteiger partial charge in [-0.2, -0.15) is 0 Å². The summed E-state index contributed by atoms with van der Waals surface area (Å²) in [4.78, 5) is 4.56. The summed E-state index contributed by atoms with van der Waals surface area (Å²) in [6, 6.07) is 3.88. The van der Waals surface area contributed by atoms with E-state index in [0.29, 0.717) is 18.2 Å². The Morgan fingerprint density at radius 3 is 2.76 bits per heavy atom. The van der Waals surface area contributed by atoms with Crippen LogP contribution in [0.25, 0.3) is 0 Å². The summed E-state index contributed by atoms with van der Waals surface area (Å²) < 4.78 is 26.0. The third kappa shape index (κ3) is 4.44. The average molecular weight is 299 g/mol. The third-order valence-corrected chi connectivity index (χ3v) is 4.03. The molecule has 0 saturated carbocycles. The van der Waals surface area contributed by atoms with Gasteiger partial charge in [0.2, 0.25) is 0 Å². The van der Waals surface area contributed by atoms with Crippen LogP contribution in [-0.2, 0) is 0 Å². The van der Waals surface area contributed by atoms with E-state index < -0.39 is 17.7 Å². The van der Waals surface area contributed by atoms with Crippen LogP contribution in [0, 0.1) is 11.6 Å². The first-order valence-electron chi connectivity index (χ1n) is 7.20. The number of benzene rings is 1. The zero-order valence-corrected chi connectivity index (χ0v) is 12.5. The van der Waals surface area contributed by atoms with Gasteiger partial charge in [-0.1, -0.05) is 6.07 Å². The highest BCUT2D eigenvalue weighted by Gasteiger charge is 2.22. The summed E-state index contributed by atoms with van der Waals surface area (Å²) in [5.74, 6) is -1.83. The molecule has 1 aliphatic rings. The standard InChI is InChI=1S/C15H23F2N3O/c1-19-5-6-20(2)12(10-19)8-18-9-15(21)11-3-4-13(16)14(17)7-11/h3-4,7,12,15,18,21H,5-6,8-10H2,1-2H3.